The van der Waals surface area contributed by atoms with Gasteiger partial charge in [0.05, 0.1) is 5.75 Å². The molecular weight excluding hydrogens is 358 g/mol. The molecule has 0 spiro atoms. The van der Waals surface area contributed by atoms with Crippen LogP contribution in [0, 0.1) is 5.41 Å². The van der Waals surface area contributed by atoms with Crippen molar-refractivity contribution >= 4 is 41.9 Å². The molecule has 0 atom stereocenters. The topological polar surface area (TPSA) is 46.2 Å². The molecule has 0 bridgehead atoms. The zero-order chi connectivity index (χ0) is 13.0. The lowest BCUT2D eigenvalue weighted by Crippen LogP contribution is -2.49. The molecule has 0 rings (SSSR count). The maximum atomic E-state index is 11.9. The molecule has 98 valence electrons. The van der Waals surface area contributed by atoms with Crippen LogP contribution in [0.25, 0.3) is 0 Å². The van der Waals surface area contributed by atoms with Crippen LogP contribution in [0.4, 0.5) is 0 Å². The van der Waals surface area contributed by atoms with E-state index in [1.165, 1.54) is 0 Å². The van der Waals surface area contributed by atoms with Gasteiger partial charge >= 0.3 is 0 Å². The van der Waals surface area contributed by atoms with Crippen molar-refractivity contribution in [2.45, 2.75) is 39.7 Å². The molecule has 0 radical (unpaired) electrons. The molecule has 0 aliphatic rings. The second-order valence-electron chi connectivity index (χ2n) is 5.56. The van der Waals surface area contributed by atoms with E-state index in [1.54, 1.807) is 0 Å². The predicted molar refractivity (Wildman–Crippen MR) is 77.0 cm³/mol. The Morgan fingerprint density at radius 2 is 1.50 bits per heavy atom. The fourth-order valence-corrected chi connectivity index (χ4v) is 4.42. The summed E-state index contributed by atoms with van der Waals surface area (Å²) in [6, 6.07) is 0. The van der Waals surface area contributed by atoms with Gasteiger partial charge in [0, 0.05) is 16.2 Å². The lowest BCUT2D eigenvalue weighted by molar-refractivity contribution is 0.394. The van der Waals surface area contributed by atoms with Gasteiger partial charge in [0.15, 0.2) is 0 Å². The summed E-state index contributed by atoms with van der Waals surface area (Å²) in [6.45, 7) is 7.98. The molecule has 0 aromatic rings. The van der Waals surface area contributed by atoms with Crippen LogP contribution in [0.2, 0.25) is 0 Å². The first-order chi connectivity index (χ1) is 7.04. The Bertz CT molecular complexity index is 305. The minimum absolute atomic E-state index is 0.0357. The molecule has 0 unspecified atom stereocenters. The van der Waals surface area contributed by atoms with E-state index >= 15 is 0 Å². The minimum Gasteiger partial charge on any atom is -0.212 e. The standard InChI is InChI=1S/C10H21Br2NO2S/c1-9(2,3)5-6-16(14,15)13-10(4,7-11)8-12/h13H,5-8H2,1-4H3. The minimum atomic E-state index is -3.21. The second-order valence-corrected chi connectivity index (χ2v) is 8.52. The van der Waals surface area contributed by atoms with Crippen LogP contribution < -0.4 is 4.72 Å². The third-order valence-electron chi connectivity index (χ3n) is 2.11. The summed E-state index contributed by atoms with van der Waals surface area (Å²) >= 11 is 6.64. The van der Waals surface area contributed by atoms with Crippen LogP contribution in [0.3, 0.4) is 0 Å². The van der Waals surface area contributed by atoms with Gasteiger partial charge in [-0.3, -0.25) is 0 Å². The molecule has 0 aliphatic carbocycles. The molecule has 3 nitrogen and oxygen atoms in total. The Kier molecular flexibility index (Phi) is 6.49. The van der Waals surface area contributed by atoms with Gasteiger partial charge < -0.3 is 0 Å². The second kappa shape index (κ2) is 6.16. The van der Waals surface area contributed by atoms with Crippen molar-refractivity contribution in [3.8, 4) is 0 Å². The molecule has 0 amide bonds. The SMILES string of the molecule is CC(C)(C)CCS(=O)(=O)NC(C)(CBr)CBr. The van der Waals surface area contributed by atoms with Crippen LogP contribution >= 0.6 is 31.9 Å². The van der Waals surface area contributed by atoms with Crippen molar-refractivity contribution in [2.24, 2.45) is 5.41 Å². The third-order valence-corrected chi connectivity index (χ3v) is 6.13. The monoisotopic (exact) mass is 377 g/mol. The molecule has 0 aromatic heterocycles. The van der Waals surface area contributed by atoms with Crippen LogP contribution in [0.15, 0.2) is 0 Å². The fraction of sp³-hybridized carbons (Fsp3) is 1.00. The molecule has 0 saturated heterocycles. The average molecular weight is 379 g/mol. The van der Waals surface area contributed by atoms with E-state index in [-0.39, 0.29) is 11.2 Å². The lowest BCUT2D eigenvalue weighted by atomic mass is 9.94. The van der Waals surface area contributed by atoms with Crippen LogP contribution in [-0.2, 0) is 10.0 Å². The quantitative estimate of drug-likeness (QED) is 0.722. The van der Waals surface area contributed by atoms with E-state index in [1.807, 2.05) is 27.7 Å². The molecule has 0 aromatic carbocycles. The summed E-state index contributed by atoms with van der Waals surface area (Å²) in [5.74, 6) is 0.173. The molecule has 6 heteroatoms. The third kappa shape index (κ3) is 7.25. The van der Waals surface area contributed by atoms with Crippen LogP contribution in [0.5, 0.6) is 0 Å². The van der Waals surface area contributed by atoms with Crippen LogP contribution in [0.1, 0.15) is 34.1 Å². The Hall–Kier alpha value is 0.870. The number of alkyl halides is 2. The maximum Gasteiger partial charge on any atom is 0.212 e. The van der Waals surface area contributed by atoms with E-state index < -0.39 is 15.6 Å². The molecule has 1 N–H and O–H groups in total. The molecule has 0 saturated carbocycles. The first-order valence-corrected chi connectivity index (χ1v) is 9.07. The maximum absolute atomic E-state index is 11.9. The Balaban J connectivity index is 4.47. The van der Waals surface area contributed by atoms with Crippen molar-refractivity contribution in [2.75, 3.05) is 16.4 Å². The van der Waals surface area contributed by atoms with Gasteiger partial charge in [-0.25, -0.2) is 13.1 Å². The van der Waals surface area contributed by atoms with Gasteiger partial charge in [-0.15, -0.1) is 0 Å². The zero-order valence-electron chi connectivity index (χ0n) is 10.3. The van der Waals surface area contributed by atoms with Gasteiger partial charge in [-0.1, -0.05) is 52.6 Å². The number of rotatable bonds is 6. The Morgan fingerprint density at radius 1 is 1.06 bits per heavy atom. The summed E-state index contributed by atoms with van der Waals surface area (Å²) in [6.07, 6.45) is 0.656. The largest absolute Gasteiger partial charge is 0.212 e. The number of hydrogen-bond donors (Lipinski definition) is 1. The highest BCUT2D eigenvalue weighted by Gasteiger charge is 2.28. The van der Waals surface area contributed by atoms with Crippen molar-refractivity contribution in [3.05, 3.63) is 0 Å². The van der Waals surface area contributed by atoms with Crippen LogP contribution in [-0.4, -0.2) is 30.4 Å². The normalized spacial score (nSPS) is 14.1. The average Bonchev–Trinajstić information content (AvgIpc) is 2.13. The van der Waals surface area contributed by atoms with E-state index in [0.29, 0.717) is 17.1 Å². The number of halogens is 2. The van der Waals surface area contributed by atoms with Crippen molar-refractivity contribution < 1.29 is 8.42 Å². The van der Waals surface area contributed by atoms with Gasteiger partial charge in [-0.05, 0) is 18.8 Å². The number of sulfonamides is 1. The van der Waals surface area contributed by atoms with Crippen molar-refractivity contribution in [1.29, 1.82) is 0 Å². The summed E-state index contributed by atoms with van der Waals surface area (Å²) in [5.41, 5.74) is -0.426. The molecule has 0 heterocycles. The van der Waals surface area contributed by atoms with E-state index in [4.69, 9.17) is 0 Å². The highest BCUT2D eigenvalue weighted by molar-refractivity contribution is 9.09. The van der Waals surface area contributed by atoms with E-state index in [9.17, 15) is 8.42 Å². The van der Waals surface area contributed by atoms with Gasteiger partial charge in [-0.2, -0.15) is 0 Å². The summed E-state index contributed by atoms with van der Waals surface area (Å²) < 4.78 is 26.4. The highest BCUT2D eigenvalue weighted by Crippen LogP contribution is 2.20. The van der Waals surface area contributed by atoms with Gasteiger partial charge in [0.2, 0.25) is 10.0 Å². The molecule has 16 heavy (non-hydrogen) atoms. The molecule has 0 fully saturated rings. The summed E-state index contributed by atoms with van der Waals surface area (Å²) in [5, 5.41) is 1.17. The number of hydrogen-bond acceptors (Lipinski definition) is 2. The zero-order valence-corrected chi connectivity index (χ0v) is 14.3. The Morgan fingerprint density at radius 3 is 1.81 bits per heavy atom. The first-order valence-electron chi connectivity index (χ1n) is 5.17. The summed E-state index contributed by atoms with van der Waals surface area (Å²) in [4.78, 5) is 0. The van der Waals surface area contributed by atoms with Gasteiger partial charge in [0.25, 0.3) is 0 Å². The van der Waals surface area contributed by atoms with Crippen molar-refractivity contribution in [1.82, 2.24) is 4.72 Å². The highest BCUT2D eigenvalue weighted by atomic mass is 79.9. The number of nitrogens with one attached hydrogen (secondary N) is 1. The smallest absolute Gasteiger partial charge is 0.212 e. The lowest BCUT2D eigenvalue weighted by Gasteiger charge is -2.27. The summed E-state index contributed by atoms with van der Waals surface area (Å²) in [7, 11) is -3.21. The molecular formula is C10H21Br2NO2S. The first kappa shape index (κ1) is 16.9. The van der Waals surface area contributed by atoms with Crippen molar-refractivity contribution in [3.63, 3.8) is 0 Å². The van der Waals surface area contributed by atoms with E-state index in [0.717, 1.165) is 0 Å². The predicted octanol–water partition coefficient (Wildman–Crippen LogP) is 2.89. The molecule has 0 aliphatic heterocycles. The Labute approximate surface area is 116 Å². The van der Waals surface area contributed by atoms with E-state index in [2.05, 4.69) is 36.6 Å². The van der Waals surface area contributed by atoms with Gasteiger partial charge in [0.1, 0.15) is 0 Å². The fourth-order valence-electron chi connectivity index (χ4n) is 0.957.